The van der Waals surface area contributed by atoms with Gasteiger partial charge < -0.3 is 51.5 Å². The molecule has 4 rings (SSSR count). The second-order valence-electron chi connectivity index (χ2n) is 6.26. The van der Waals surface area contributed by atoms with Gasteiger partial charge in [-0.05, 0) is 48.5 Å². The second kappa shape index (κ2) is 39.5. The first-order valence-electron chi connectivity index (χ1n) is 10.9. The largest absolute Gasteiger partial charge is 0.356 e. The summed E-state index contributed by atoms with van der Waals surface area (Å²) < 4.78 is 0. The van der Waals surface area contributed by atoms with Crippen LogP contribution in [-0.2, 0) is 0 Å². The zero-order valence-corrected chi connectivity index (χ0v) is 27.9. The molecule has 28 nitrogen and oxygen atoms in total. The van der Waals surface area contributed by atoms with E-state index in [-0.39, 0.29) is 76.3 Å². The van der Waals surface area contributed by atoms with E-state index >= 15 is 0 Å². The number of aromatic nitrogens is 4. The van der Waals surface area contributed by atoms with Gasteiger partial charge in [0, 0.05) is 101 Å². The van der Waals surface area contributed by atoms with Crippen molar-refractivity contribution in [1.82, 2.24) is 19.9 Å². The summed E-state index contributed by atoms with van der Waals surface area (Å²) in [7, 11) is 0. The fourth-order valence-corrected chi connectivity index (χ4v) is 2.06. The molecule has 0 aliphatic heterocycles. The quantitative estimate of drug-likeness (QED) is 0.165. The Bertz CT molecular complexity index is 1190. The van der Waals surface area contributed by atoms with Crippen LogP contribution in [0.2, 0.25) is 0 Å². The molecule has 0 amide bonds. The molecule has 50 heavy (non-hydrogen) atoms. The molecular weight excluding hydrogens is 993 g/mol. The minimum atomic E-state index is -1.75. The van der Waals surface area contributed by atoms with Gasteiger partial charge >= 0.3 is 0 Å². The maximum atomic E-state index is 8.36. The van der Waals surface area contributed by atoms with E-state index in [1.165, 1.54) is 0 Å². The Morgan fingerprint density at radius 2 is 0.480 bits per heavy atom. The average molecular weight is 1010 g/mol. The molecule has 4 N–H and O–H groups in total. The Labute approximate surface area is 336 Å². The zero-order valence-electron chi connectivity index (χ0n) is 23.8. The van der Waals surface area contributed by atoms with Gasteiger partial charge in [-0.1, -0.05) is 24.3 Å². The van der Waals surface area contributed by atoms with Crippen LogP contribution < -0.4 is 0 Å². The van der Waals surface area contributed by atoms with Crippen LogP contribution >= 0.6 is 0 Å². The topological polar surface area (TPSA) is 437 Å². The smallest absolute Gasteiger partial charge is 0.291 e. The first-order chi connectivity index (χ1) is 22.3. The van der Waals surface area contributed by atoms with E-state index in [1.54, 1.807) is 24.8 Å². The van der Waals surface area contributed by atoms with Crippen molar-refractivity contribution in [3.05, 3.63) is 169 Å². The summed E-state index contributed by atoms with van der Waals surface area (Å²) in [5.41, 5.74) is 3.66. The number of hydrogen-bond donors (Lipinski definition) is 4. The zero-order chi connectivity index (χ0) is 37.9. The Morgan fingerprint density at radius 3 is 0.560 bits per heavy atom. The van der Waals surface area contributed by atoms with Gasteiger partial charge in [0.2, 0.25) is 0 Å². The van der Waals surface area contributed by atoms with Gasteiger partial charge in [0.15, 0.2) is 0 Å². The van der Waals surface area contributed by atoms with E-state index in [0.717, 1.165) is 22.8 Å². The first kappa shape index (κ1) is 56.7. The molecule has 280 valence electrons. The van der Waals surface area contributed by atoms with E-state index in [2.05, 4.69) is 19.9 Å². The van der Waals surface area contributed by atoms with Gasteiger partial charge in [-0.3, -0.25) is 19.9 Å². The Kier molecular flexibility index (Phi) is 44.8. The van der Waals surface area contributed by atoms with Gasteiger partial charge in [-0.15, -0.1) is 40.5 Å². The summed E-state index contributed by atoms with van der Waals surface area (Å²) in [5, 5.41) is 84.1. The van der Waals surface area contributed by atoms with Crippen molar-refractivity contribution in [3.8, 4) is 22.8 Å². The Morgan fingerprint density at radius 1 is 0.360 bits per heavy atom. The molecule has 0 saturated heterocycles. The van der Waals surface area contributed by atoms with Crippen LogP contribution in [0.3, 0.4) is 0 Å². The first-order valence-corrected chi connectivity index (χ1v) is 10.9. The van der Waals surface area contributed by atoms with E-state index in [4.69, 9.17) is 91.9 Å². The maximum absolute atomic E-state index is 8.36. The van der Waals surface area contributed by atoms with Crippen molar-refractivity contribution in [2.45, 2.75) is 0 Å². The van der Waals surface area contributed by atoms with Crippen LogP contribution in [0.25, 0.3) is 22.8 Å². The van der Waals surface area contributed by atoms with E-state index < -0.39 is 30.5 Å². The van der Waals surface area contributed by atoms with E-state index in [9.17, 15) is 0 Å². The van der Waals surface area contributed by atoms with Crippen molar-refractivity contribution in [2.75, 3.05) is 0 Å². The van der Waals surface area contributed by atoms with Gasteiger partial charge in [0.05, 0.1) is 32.9 Å². The molecule has 0 unspecified atom stereocenters. The summed E-state index contributed by atoms with van der Waals surface area (Å²) in [6.07, 6.45) is 7.07. The summed E-state index contributed by atoms with van der Waals surface area (Å²) in [6.45, 7) is 0. The molecule has 4 aromatic rings. The van der Waals surface area contributed by atoms with Crippen molar-refractivity contribution >= 4 is 0 Å². The maximum Gasteiger partial charge on any atom is 0.291 e. The third-order valence-corrected chi connectivity index (χ3v) is 3.18. The molecule has 0 spiro atoms. The molecule has 0 aliphatic carbocycles. The predicted octanol–water partition coefficient (Wildman–Crippen LogP) is 2.42. The van der Waals surface area contributed by atoms with Crippen molar-refractivity contribution in [3.63, 3.8) is 0 Å². The van der Waals surface area contributed by atoms with E-state index in [0.29, 0.717) is 0 Å². The summed E-state index contributed by atoms with van der Waals surface area (Å²) in [6, 6.07) is 23.2. The summed E-state index contributed by atoms with van der Waals surface area (Å²) >= 11 is 0. The molecule has 0 bridgehead atoms. The molecule has 4 heterocycles. The minimum Gasteiger partial charge on any atom is -0.356 e. The second-order valence-corrected chi connectivity index (χ2v) is 6.26. The summed E-state index contributed by atoms with van der Waals surface area (Å²) in [5.74, 6) is 0. The molecule has 4 aromatic heterocycles. The molecule has 0 aliphatic rings. The Balaban J connectivity index is -0.000000118. The standard InChI is InChI=1S/2C10H8N2.2Dy.4HNO3.2NO3/c2*1-3-7-11-9(5-1)10-6-2-4-8-12-10;;;6*2-1(3)4/h2*1-8H;;;4*(H,2,3,4);;/q;;;;;;;;2*-1. The summed E-state index contributed by atoms with van der Waals surface area (Å²) in [4.78, 5) is 66.7. The number of rotatable bonds is 2. The van der Waals surface area contributed by atoms with Crippen LogP contribution in [0, 0.1) is 147 Å². The molecular formula is C20H20Dy2N10O18-2. The van der Waals surface area contributed by atoms with Crippen molar-refractivity contribution in [2.24, 2.45) is 0 Å². The van der Waals surface area contributed by atoms with Gasteiger partial charge in [-0.2, -0.15) is 0 Å². The molecule has 30 heteroatoms. The Hall–Kier alpha value is -5.65. The number of pyridine rings is 4. The molecule has 0 fully saturated rings. The van der Waals surface area contributed by atoms with Crippen LogP contribution in [0.1, 0.15) is 0 Å². The monoisotopic (exact) mass is 1020 g/mol. The molecule has 0 atom stereocenters. The van der Waals surface area contributed by atoms with Crippen molar-refractivity contribution < 1.29 is 128 Å². The van der Waals surface area contributed by atoms with Gasteiger partial charge in [0.25, 0.3) is 20.3 Å². The normalized spacial score (nSPS) is 7.52. The van der Waals surface area contributed by atoms with E-state index in [1.807, 2.05) is 72.8 Å². The molecule has 0 aromatic carbocycles. The van der Waals surface area contributed by atoms with Crippen LogP contribution in [0.15, 0.2) is 97.6 Å². The van der Waals surface area contributed by atoms with Gasteiger partial charge in [-0.25, -0.2) is 0 Å². The molecule has 0 radical (unpaired) electrons. The predicted molar refractivity (Wildman–Crippen MR) is 151 cm³/mol. The van der Waals surface area contributed by atoms with Gasteiger partial charge in [0.1, 0.15) is 0 Å². The van der Waals surface area contributed by atoms with Crippen LogP contribution in [-0.4, -0.2) is 71.3 Å². The fourth-order valence-electron chi connectivity index (χ4n) is 2.06. The van der Waals surface area contributed by atoms with Crippen molar-refractivity contribution in [1.29, 1.82) is 0 Å². The average Bonchev–Trinajstić information content (AvgIpc) is 2.98. The third kappa shape index (κ3) is 61.4. The number of nitrogens with zero attached hydrogens (tertiary/aromatic N) is 10. The minimum absolute atomic E-state index is 0. The third-order valence-electron chi connectivity index (χ3n) is 3.18. The van der Waals surface area contributed by atoms with Crippen LogP contribution in [0.5, 0.6) is 0 Å². The van der Waals surface area contributed by atoms with Crippen LogP contribution in [0.4, 0.5) is 0 Å². The molecule has 0 saturated carbocycles. The number of hydrogen-bond acceptors (Lipinski definition) is 18. The SMILES string of the molecule is O=[N+]([O-])O.O=[N+]([O-])O.O=[N+]([O-])O.O=[N+]([O-])O.O=[N+]([O-])[O-].O=[N+]([O-])[O-].[Dy].[Dy].c1ccc(-c2ccccn2)nc1.c1ccc(-c2ccccn2)nc1. The fraction of sp³-hybridized carbons (Fsp3) is 0.